The number of aliphatic hydroxyl groups is 1. The molecule has 0 saturated heterocycles. The Balaban J connectivity index is 1.50. The van der Waals surface area contributed by atoms with Gasteiger partial charge in [0, 0.05) is 34.4 Å². The molecule has 1 fully saturated rings. The summed E-state index contributed by atoms with van der Waals surface area (Å²) in [5.74, 6) is 0.784. The maximum absolute atomic E-state index is 12.2. The van der Waals surface area contributed by atoms with Crippen molar-refractivity contribution in [2.75, 3.05) is 13.2 Å². The molecule has 0 radical (unpaired) electrons. The van der Waals surface area contributed by atoms with Crippen molar-refractivity contribution in [3.8, 4) is 0 Å². The summed E-state index contributed by atoms with van der Waals surface area (Å²) in [6, 6.07) is 7.72. The zero-order valence-corrected chi connectivity index (χ0v) is 15.4. The van der Waals surface area contributed by atoms with Gasteiger partial charge in [-0.05, 0) is 37.5 Å². The van der Waals surface area contributed by atoms with E-state index in [2.05, 4.69) is 15.7 Å². The number of thioether (sulfide) groups is 1. The second-order valence-electron chi connectivity index (χ2n) is 6.43. The standard InChI is InChI=1S/C18H22N2O2S2/c1-13-9-23-17(20-13)24-10-14-3-5-15(6-4-14)16(22)19-11-18(12-21)7-2-8-18/h3-6,9,21H,2,7-8,10-12H2,1H3,(H,19,22). The van der Waals surface area contributed by atoms with Gasteiger partial charge in [0.1, 0.15) is 4.34 Å². The number of aryl methyl sites for hydroxylation is 1. The topological polar surface area (TPSA) is 62.2 Å². The summed E-state index contributed by atoms with van der Waals surface area (Å²) in [5, 5.41) is 14.5. The lowest BCUT2D eigenvalue weighted by atomic mass is 9.69. The van der Waals surface area contributed by atoms with Crippen LogP contribution in [0.3, 0.4) is 0 Å². The third-order valence-corrected chi connectivity index (χ3v) is 6.76. The number of thiazole rings is 1. The molecular formula is C18H22N2O2S2. The van der Waals surface area contributed by atoms with E-state index in [4.69, 9.17) is 0 Å². The molecule has 0 aliphatic heterocycles. The first-order valence-corrected chi connectivity index (χ1v) is 10.00. The average molecular weight is 363 g/mol. The number of carbonyl (C=O) groups is 1. The number of carbonyl (C=O) groups excluding carboxylic acids is 1. The summed E-state index contributed by atoms with van der Waals surface area (Å²) < 4.78 is 1.07. The van der Waals surface area contributed by atoms with Gasteiger partial charge in [0.2, 0.25) is 0 Å². The van der Waals surface area contributed by atoms with Gasteiger partial charge in [-0.25, -0.2) is 4.98 Å². The third kappa shape index (κ3) is 4.18. The van der Waals surface area contributed by atoms with Crippen LogP contribution in [0.5, 0.6) is 0 Å². The van der Waals surface area contributed by atoms with Crippen LogP contribution in [0.15, 0.2) is 34.0 Å². The molecule has 2 aromatic rings. The van der Waals surface area contributed by atoms with Crippen LogP contribution in [0.4, 0.5) is 0 Å². The molecule has 0 spiro atoms. The van der Waals surface area contributed by atoms with Crippen LogP contribution in [0, 0.1) is 12.3 Å². The van der Waals surface area contributed by atoms with Gasteiger partial charge in [-0.3, -0.25) is 4.79 Å². The maximum atomic E-state index is 12.2. The van der Waals surface area contributed by atoms with Crippen LogP contribution in [0.1, 0.15) is 40.9 Å². The summed E-state index contributed by atoms with van der Waals surface area (Å²) in [5.41, 5.74) is 2.82. The van der Waals surface area contributed by atoms with Crippen molar-refractivity contribution in [1.29, 1.82) is 0 Å². The molecular weight excluding hydrogens is 340 g/mol. The highest BCUT2D eigenvalue weighted by Crippen LogP contribution is 2.39. The largest absolute Gasteiger partial charge is 0.396 e. The van der Waals surface area contributed by atoms with Gasteiger partial charge in [-0.2, -0.15) is 0 Å². The van der Waals surface area contributed by atoms with E-state index < -0.39 is 0 Å². The molecule has 1 aliphatic carbocycles. The van der Waals surface area contributed by atoms with Gasteiger partial charge in [-0.15, -0.1) is 11.3 Å². The fourth-order valence-electron chi connectivity index (χ4n) is 2.73. The molecule has 1 saturated carbocycles. The monoisotopic (exact) mass is 362 g/mol. The summed E-state index contributed by atoms with van der Waals surface area (Å²) in [6.45, 7) is 2.71. The highest BCUT2D eigenvalue weighted by atomic mass is 32.2. The zero-order valence-electron chi connectivity index (χ0n) is 13.7. The molecule has 1 aliphatic rings. The van der Waals surface area contributed by atoms with Crippen molar-refractivity contribution >= 4 is 29.0 Å². The summed E-state index contributed by atoms with van der Waals surface area (Å²) in [6.07, 6.45) is 3.13. The van der Waals surface area contributed by atoms with E-state index in [9.17, 15) is 9.90 Å². The van der Waals surface area contributed by atoms with E-state index in [1.807, 2.05) is 31.2 Å². The number of rotatable bonds is 7. The number of benzene rings is 1. The molecule has 0 bridgehead atoms. The van der Waals surface area contributed by atoms with Gasteiger partial charge in [-0.1, -0.05) is 30.3 Å². The molecule has 4 nitrogen and oxygen atoms in total. The first kappa shape index (κ1) is 17.5. The van der Waals surface area contributed by atoms with Crippen LogP contribution in [-0.2, 0) is 5.75 Å². The van der Waals surface area contributed by atoms with Gasteiger partial charge >= 0.3 is 0 Å². The lowest BCUT2D eigenvalue weighted by molar-refractivity contribution is 0.0429. The van der Waals surface area contributed by atoms with Crippen LogP contribution in [-0.4, -0.2) is 29.1 Å². The molecule has 1 aromatic carbocycles. The molecule has 6 heteroatoms. The predicted molar refractivity (Wildman–Crippen MR) is 98.6 cm³/mol. The van der Waals surface area contributed by atoms with Crippen molar-refractivity contribution in [3.05, 3.63) is 46.5 Å². The van der Waals surface area contributed by atoms with E-state index in [1.54, 1.807) is 23.1 Å². The molecule has 24 heavy (non-hydrogen) atoms. The zero-order chi connectivity index (χ0) is 17.0. The SMILES string of the molecule is Cc1csc(SCc2ccc(C(=O)NCC3(CO)CCC3)cc2)n1. The Labute approximate surface area is 150 Å². The van der Waals surface area contributed by atoms with Gasteiger partial charge in [0.05, 0.1) is 6.61 Å². The third-order valence-electron chi connectivity index (χ3n) is 4.55. The van der Waals surface area contributed by atoms with Crippen molar-refractivity contribution in [2.24, 2.45) is 5.41 Å². The van der Waals surface area contributed by atoms with Gasteiger partial charge in [0.15, 0.2) is 0 Å². The summed E-state index contributed by atoms with van der Waals surface area (Å²) in [4.78, 5) is 16.7. The average Bonchev–Trinajstić information content (AvgIpc) is 2.98. The predicted octanol–water partition coefficient (Wildman–Crippen LogP) is 3.64. The Kier molecular flexibility index (Phi) is 5.58. The molecule has 2 N–H and O–H groups in total. The van der Waals surface area contributed by atoms with Crippen LogP contribution < -0.4 is 5.32 Å². The van der Waals surface area contributed by atoms with Crippen LogP contribution in [0.2, 0.25) is 0 Å². The minimum absolute atomic E-state index is 0.0653. The molecule has 0 unspecified atom stereocenters. The second-order valence-corrected chi connectivity index (χ2v) is 8.52. The highest BCUT2D eigenvalue weighted by Gasteiger charge is 2.36. The number of hydrogen-bond donors (Lipinski definition) is 2. The summed E-state index contributed by atoms with van der Waals surface area (Å²) in [7, 11) is 0. The molecule has 128 valence electrons. The number of aliphatic hydroxyl groups excluding tert-OH is 1. The van der Waals surface area contributed by atoms with Crippen molar-refractivity contribution in [1.82, 2.24) is 10.3 Å². The smallest absolute Gasteiger partial charge is 0.251 e. The first-order valence-electron chi connectivity index (χ1n) is 8.13. The lowest BCUT2D eigenvalue weighted by Gasteiger charge is -2.40. The number of nitrogens with one attached hydrogen (secondary N) is 1. The van der Waals surface area contributed by atoms with E-state index in [0.29, 0.717) is 12.1 Å². The molecule has 1 heterocycles. The van der Waals surface area contributed by atoms with E-state index in [1.165, 1.54) is 5.56 Å². The number of nitrogens with zero attached hydrogens (tertiary/aromatic N) is 1. The quantitative estimate of drug-likeness (QED) is 0.738. The first-order chi connectivity index (χ1) is 11.6. The van der Waals surface area contributed by atoms with Crippen molar-refractivity contribution in [2.45, 2.75) is 36.3 Å². The van der Waals surface area contributed by atoms with Crippen LogP contribution in [0.25, 0.3) is 0 Å². The Hall–Kier alpha value is -1.37. The molecule has 1 amide bonds. The van der Waals surface area contributed by atoms with Crippen molar-refractivity contribution in [3.63, 3.8) is 0 Å². The molecule has 3 rings (SSSR count). The normalized spacial score (nSPS) is 15.8. The number of amides is 1. The Morgan fingerprint density at radius 1 is 1.38 bits per heavy atom. The fourth-order valence-corrected chi connectivity index (χ4v) is 4.54. The minimum atomic E-state index is -0.0852. The molecule has 0 atom stereocenters. The van der Waals surface area contributed by atoms with Gasteiger partial charge in [0.25, 0.3) is 5.91 Å². The maximum Gasteiger partial charge on any atom is 0.251 e. The molecule has 1 aromatic heterocycles. The Bertz CT molecular complexity index is 688. The van der Waals surface area contributed by atoms with Crippen molar-refractivity contribution < 1.29 is 9.90 Å². The fraction of sp³-hybridized carbons (Fsp3) is 0.444. The Morgan fingerprint density at radius 3 is 2.67 bits per heavy atom. The van der Waals surface area contributed by atoms with E-state index >= 15 is 0 Å². The van der Waals surface area contributed by atoms with Crippen LogP contribution >= 0.6 is 23.1 Å². The highest BCUT2D eigenvalue weighted by molar-refractivity contribution is 8.00. The van der Waals surface area contributed by atoms with E-state index in [0.717, 1.165) is 35.0 Å². The summed E-state index contributed by atoms with van der Waals surface area (Å²) >= 11 is 3.38. The second kappa shape index (κ2) is 7.68. The lowest BCUT2D eigenvalue weighted by Crippen LogP contribution is -2.44. The number of hydrogen-bond acceptors (Lipinski definition) is 5. The Morgan fingerprint density at radius 2 is 2.12 bits per heavy atom. The van der Waals surface area contributed by atoms with E-state index in [-0.39, 0.29) is 17.9 Å². The number of aromatic nitrogens is 1. The van der Waals surface area contributed by atoms with Gasteiger partial charge < -0.3 is 10.4 Å². The minimum Gasteiger partial charge on any atom is -0.396 e.